The van der Waals surface area contributed by atoms with Gasteiger partial charge in [0.1, 0.15) is 12.4 Å². The number of hydrogen-bond acceptors (Lipinski definition) is 4. The standard InChI is InChI=1S/C26H41N3O3/c1-4-6-10-20(3)26(22-14-15-22)28-17-18-32-23-13-8-7-11-21(23)12-9-16-27-25(31)19-29-24(30)5-2/h7-8,10-11,13,22,26,28H,4-6,9,12,14-19H2,1-3H3,(H,27,31)(H,29,30)/b20-10-. The lowest BCUT2D eigenvalue weighted by molar-refractivity contribution is -0.125. The van der Waals surface area contributed by atoms with Gasteiger partial charge in [-0.3, -0.25) is 9.59 Å². The van der Waals surface area contributed by atoms with Crippen LogP contribution in [0.1, 0.15) is 64.9 Å². The minimum atomic E-state index is -0.157. The van der Waals surface area contributed by atoms with Crippen molar-refractivity contribution in [3.8, 4) is 5.75 Å². The Morgan fingerprint density at radius 1 is 1.12 bits per heavy atom. The minimum absolute atomic E-state index is 0.0360. The van der Waals surface area contributed by atoms with Gasteiger partial charge in [0.15, 0.2) is 0 Å². The summed E-state index contributed by atoms with van der Waals surface area (Å²) in [6.45, 7) is 8.30. The SMILES string of the molecule is CCC/C=C(/C)C(NCCOc1ccccc1CCCNC(=O)CNC(=O)CC)C1CC1. The summed E-state index contributed by atoms with van der Waals surface area (Å²) in [5.74, 6) is 1.42. The molecule has 1 aromatic carbocycles. The van der Waals surface area contributed by atoms with Crippen LogP contribution in [0, 0.1) is 5.92 Å². The molecule has 178 valence electrons. The number of amides is 2. The van der Waals surface area contributed by atoms with Crippen molar-refractivity contribution in [3.63, 3.8) is 0 Å². The Labute approximate surface area is 193 Å². The van der Waals surface area contributed by atoms with E-state index in [-0.39, 0.29) is 18.4 Å². The van der Waals surface area contributed by atoms with Crippen LogP contribution in [-0.2, 0) is 16.0 Å². The van der Waals surface area contributed by atoms with E-state index in [1.165, 1.54) is 24.8 Å². The first-order valence-electron chi connectivity index (χ1n) is 12.2. The zero-order chi connectivity index (χ0) is 23.2. The van der Waals surface area contributed by atoms with Crippen molar-refractivity contribution in [2.45, 2.75) is 71.8 Å². The predicted octanol–water partition coefficient (Wildman–Crippen LogP) is 3.76. The van der Waals surface area contributed by atoms with Crippen LogP contribution in [-0.4, -0.2) is 44.1 Å². The Kier molecular flexibility index (Phi) is 11.9. The summed E-state index contributed by atoms with van der Waals surface area (Å²) in [6, 6.07) is 8.58. The second-order valence-corrected chi connectivity index (χ2v) is 8.55. The van der Waals surface area contributed by atoms with E-state index in [1.54, 1.807) is 6.92 Å². The highest BCUT2D eigenvalue weighted by Crippen LogP contribution is 2.35. The van der Waals surface area contributed by atoms with E-state index in [4.69, 9.17) is 4.74 Å². The second kappa shape index (κ2) is 14.7. The zero-order valence-corrected chi connectivity index (χ0v) is 20.0. The largest absolute Gasteiger partial charge is 0.492 e. The summed E-state index contributed by atoms with van der Waals surface area (Å²) < 4.78 is 6.09. The number of rotatable bonds is 16. The van der Waals surface area contributed by atoms with Crippen LogP contribution >= 0.6 is 0 Å². The first kappa shape index (κ1) is 25.9. The maximum Gasteiger partial charge on any atom is 0.239 e. The van der Waals surface area contributed by atoms with Gasteiger partial charge in [-0.15, -0.1) is 0 Å². The van der Waals surface area contributed by atoms with Gasteiger partial charge < -0.3 is 20.7 Å². The van der Waals surface area contributed by atoms with Crippen molar-refractivity contribution in [1.29, 1.82) is 0 Å². The molecule has 2 rings (SSSR count). The molecule has 1 aromatic rings. The van der Waals surface area contributed by atoms with Crippen LogP contribution in [0.2, 0.25) is 0 Å². The normalized spacial score (nSPS) is 14.7. The van der Waals surface area contributed by atoms with Crippen molar-refractivity contribution < 1.29 is 14.3 Å². The number of benzene rings is 1. The number of carbonyl (C=O) groups is 2. The molecule has 1 aliphatic rings. The summed E-state index contributed by atoms with van der Waals surface area (Å²) in [7, 11) is 0. The molecule has 1 unspecified atom stereocenters. The number of ether oxygens (including phenoxy) is 1. The van der Waals surface area contributed by atoms with E-state index in [2.05, 4.69) is 41.9 Å². The number of hydrogen-bond donors (Lipinski definition) is 3. The molecule has 0 aliphatic heterocycles. The quantitative estimate of drug-likeness (QED) is 0.269. The average molecular weight is 444 g/mol. The molecular weight excluding hydrogens is 402 g/mol. The Morgan fingerprint density at radius 3 is 2.62 bits per heavy atom. The van der Waals surface area contributed by atoms with Crippen LogP contribution in [0.4, 0.5) is 0 Å². The number of aryl methyl sites for hydroxylation is 1. The third-order valence-electron chi connectivity index (χ3n) is 5.75. The van der Waals surface area contributed by atoms with Gasteiger partial charge in [-0.25, -0.2) is 0 Å². The Hall–Kier alpha value is -2.34. The summed E-state index contributed by atoms with van der Waals surface area (Å²) in [4.78, 5) is 23.0. The summed E-state index contributed by atoms with van der Waals surface area (Å²) in [5.41, 5.74) is 2.62. The third kappa shape index (κ3) is 9.86. The van der Waals surface area contributed by atoms with Crippen molar-refractivity contribution in [2.75, 3.05) is 26.2 Å². The fourth-order valence-corrected chi connectivity index (χ4v) is 3.73. The molecule has 32 heavy (non-hydrogen) atoms. The van der Waals surface area contributed by atoms with Gasteiger partial charge in [-0.1, -0.05) is 50.1 Å². The van der Waals surface area contributed by atoms with Crippen LogP contribution in [0.25, 0.3) is 0 Å². The van der Waals surface area contributed by atoms with Crippen LogP contribution in [0.15, 0.2) is 35.9 Å². The molecule has 0 saturated heterocycles. The number of allylic oxidation sites excluding steroid dienone is 1. The minimum Gasteiger partial charge on any atom is -0.492 e. The highest BCUT2D eigenvalue weighted by Gasteiger charge is 2.31. The number of nitrogens with one attached hydrogen (secondary N) is 3. The fraction of sp³-hybridized carbons (Fsp3) is 0.615. The molecular formula is C26H41N3O3. The highest BCUT2D eigenvalue weighted by atomic mass is 16.5. The van der Waals surface area contributed by atoms with Gasteiger partial charge in [0.05, 0.1) is 6.54 Å². The van der Waals surface area contributed by atoms with Crippen LogP contribution in [0.3, 0.4) is 0 Å². The van der Waals surface area contributed by atoms with Crippen molar-refractivity contribution in [3.05, 3.63) is 41.5 Å². The van der Waals surface area contributed by atoms with Crippen molar-refractivity contribution in [2.24, 2.45) is 5.92 Å². The molecule has 1 aliphatic carbocycles. The maximum absolute atomic E-state index is 11.8. The molecule has 1 atom stereocenters. The highest BCUT2D eigenvalue weighted by molar-refractivity contribution is 5.84. The molecule has 1 fully saturated rings. The predicted molar refractivity (Wildman–Crippen MR) is 130 cm³/mol. The molecule has 2 amide bonds. The molecule has 6 heteroatoms. The summed E-state index contributed by atoms with van der Waals surface area (Å²) >= 11 is 0. The van der Waals surface area contributed by atoms with E-state index < -0.39 is 0 Å². The molecule has 0 heterocycles. The molecule has 0 spiro atoms. The summed E-state index contributed by atoms with van der Waals surface area (Å²) in [6.07, 6.45) is 9.38. The van der Waals surface area contributed by atoms with Gasteiger partial charge in [-0.05, 0) is 56.6 Å². The molecule has 0 aromatic heterocycles. The van der Waals surface area contributed by atoms with E-state index in [0.717, 1.165) is 43.0 Å². The smallest absolute Gasteiger partial charge is 0.239 e. The first-order chi connectivity index (χ1) is 15.5. The Balaban J connectivity index is 1.70. The van der Waals surface area contributed by atoms with E-state index in [0.29, 0.717) is 25.6 Å². The number of carbonyl (C=O) groups excluding carboxylic acids is 2. The van der Waals surface area contributed by atoms with E-state index >= 15 is 0 Å². The second-order valence-electron chi connectivity index (χ2n) is 8.55. The van der Waals surface area contributed by atoms with Crippen LogP contribution < -0.4 is 20.7 Å². The van der Waals surface area contributed by atoms with Gasteiger partial charge in [0.25, 0.3) is 0 Å². The lowest BCUT2D eigenvalue weighted by Gasteiger charge is -2.20. The first-order valence-corrected chi connectivity index (χ1v) is 12.2. The Bertz CT molecular complexity index is 744. The van der Waals surface area contributed by atoms with Crippen molar-refractivity contribution in [1.82, 2.24) is 16.0 Å². The lowest BCUT2D eigenvalue weighted by atomic mass is 10.0. The van der Waals surface area contributed by atoms with Gasteiger partial charge in [-0.2, -0.15) is 0 Å². The molecule has 1 saturated carbocycles. The van der Waals surface area contributed by atoms with Gasteiger partial charge in [0, 0.05) is 25.6 Å². The van der Waals surface area contributed by atoms with Crippen LogP contribution in [0.5, 0.6) is 5.75 Å². The summed E-state index contributed by atoms with van der Waals surface area (Å²) in [5, 5.41) is 9.13. The van der Waals surface area contributed by atoms with Gasteiger partial charge in [0.2, 0.25) is 11.8 Å². The third-order valence-corrected chi connectivity index (χ3v) is 5.75. The van der Waals surface area contributed by atoms with E-state index in [1.807, 2.05) is 18.2 Å². The van der Waals surface area contributed by atoms with Gasteiger partial charge >= 0.3 is 0 Å². The average Bonchev–Trinajstić information content (AvgIpc) is 3.64. The zero-order valence-electron chi connectivity index (χ0n) is 20.0. The monoisotopic (exact) mass is 443 g/mol. The molecule has 0 bridgehead atoms. The number of para-hydroxylation sites is 1. The topological polar surface area (TPSA) is 79.5 Å². The van der Waals surface area contributed by atoms with E-state index in [9.17, 15) is 9.59 Å². The lowest BCUT2D eigenvalue weighted by Crippen LogP contribution is -2.37. The molecule has 3 N–H and O–H groups in total. The van der Waals surface area contributed by atoms with Crippen molar-refractivity contribution >= 4 is 11.8 Å². The molecule has 0 radical (unpaired) electrons. The maximum atomic E-state index is 11.8. The number of unbranched alkanes of at least 4 members (excludes halogenated alkanes) is 1. The molecule has 6 nitrogen and oxygen atoms in total. The fourth-order valence-electron chi connectivity index (χ4n) is 3.73. The Morgan fingerprint density at radius 2 is 1.91 bits per heavy atom.